The van der Waals surface area contributed by atoms with E-state index in [-0.39, 0.29) is 9.79 Å². The molecule has 0 N–H and O–H groups in total. The third-order valence-electron chi connectivity index (χ3n) is 8.19. The summed E-state index contributed by atoms with van der Waals surface area (Å²) < 4.78 is 45.2. The third kappa shape index (κ3) is 5.86. The number of hydrogen-bond acceptors (Lipinski definition) is 8. The van der Waals surface area contributed by atoms with Gasteiger partial charge < -0.3 is 24.0 Å². The monoisotopic (exact) mass is 567 g/mol. The number of methoxy groups -OCH3 is 2. The fraction of sp³-hybridized carbons (Fsp3) is 0.516. The van der Waals surface area contributed by atoms with Crippen molar-refractivity contribution in [3.05, 3.63) is 42.6 Å². The van der Waals surface area contributed by atoms with E-state index in [9.17, 15) is 8.42 Å². The van der Waals surface area contributed by atoms with Gasteiger partial charge in [0.05, 0.1) is 36.9 Å². The SMILES string of the molecule is CCCCOc1ccc2ncc(S(=O)(=O)c3ccc(OC)c(OC)c3)c(N3CCC(N4CCCCC4)CC3)c2c1. The maximum atomic E-state index is 14.2. The Balaban J connectivity index is 1.56. The second-order valence-electron chi connectivity index (χ2n) is 10.7. The fourth-order valence-electron chi connectivity index (χ4n) is 5.94. The predicted octanol–water partition coefficient (Wildman–Crippen LogP) is 5.72. The van der Waals surface area contributed by atoms with Crippen LogP contribution in [-0.4, -0.2) is 71.3 Å². The Morgan fingerprint density at radius 2 is 1.68 bits per heavy atom. The van der Waals surface area contributed by atoms with Gasteiger partial charge in [-0.3, -0.25) is 4.98 Å². The number of nitrogens with zero attached hydrogens (tertiary/aromatic N) is 3. The highest BCUT2D eigenvalue weighted by atomic mass is 32.2. The lowest BCUT2D eigenvalue weighted by molar-refractivity contribution is 0.141. The summed E-state index contributed by atoms with van der Waals surface area (Å²) in [4.78, 5) is 9.83. The zero-order valence-electron chi connectivity index (χ0n) is 23.9. The van der Waals surface area contributed by atoms with Gasteiger partial charge in [0.1, 0.15) is 10.6 Å². The number of unbranched alkanes of at least 4 members (excludes halogenated alkanes) is 1. The molecule has 0 bridgehead atoms. The Kier molecular flexibility index (Phi) is 9.00. The number of piperidine rings is 2. The van der Waals surface area contributed by atoms with Crippen LogP contribution in [0.15, 0.2) is 52.4 Å². The molecule has 2 saturated heterocycles. The van der Waals surface area contributed by atoms with Crippen LogP contribution >= 0.6 is 0 Å². The Morgan fingerprint density at radius 1 is 0.925 bits per heavy atom. The lowest BCUT2D eigenvalue weighted by Crippen LogP contribution is -2.47. The molecule has 5 rings (SSSR count). The number of ether oxygens (including phenoxy) is 3. The summed E-state index contributed by atoms with van der Waals surface area (Å²) >= 11 is 0. The van der Waals surface area contributed by atoms with Crippen LogP contribution in [0.3, 0.4) is 0 Å². The zero-order valence-corrected chi connectivity index (χ0v) is 24.7. The first-order chi connectivity index (χ1) is 19.5. The van der Waals surface area contributed by atoms with Crippen LogP contribution in [0, 0.1) is 0 Å². The molecule has 0 amide bonds. The second-order valence-corrected chi connectivity index (χ2v) is 12.6. The summed E-state index contributed by atoms with van der Waals surface area (Å²) in [7, 11) is -0.890. The summed E-state index contributed by atoms with van der Waals surface area (Å²) in [5.41, 5.74) is 1.46. The number of fused-ring (bicyclic) bond motifs is 1. The quantitative estimate of drug-likeness (QED) is 0.288. The number of likely N-dealkylation sites (tertiary alicyclic amines) is 1. The second kappa shape index (κ2) is 12.6. The van der Waals surface area contributed by atoms with Gasteiger partial charge in [0.15, 0.2) is 11.5 Å². The van der Waals surface area contributed by atoms with Crippen LogP contribution in [0.5, 0.6) is 17.2 Å². The fourth-order valence-corrected chi connectivity index (χ4v) is 7.38. The van der Waals surface area contributed by atoms with Gasteiger partial charge >= 0.3 is 0 Å². The molecular formula is C31H41N3O5S. The van der Waals surface area contributed by atoms with Crippen LogP contribution in [0.4, 0.5) is 5.69 Å². The van der Waals surface area contributed by atoms with Gasteiger partial charge in [-0.1, -0.05) is 19.8 Å². The van der Waals surface area contributed by atoms with E-state index in [1.807, 2.05) is 18.2 Å². The number of hydrogen-bond donors (Lipinski definition) is 0. The molecule has 0 atom stereocenters. The van der Waals surface area contributed by atoms with Crippen molar-refractivity contribution in [2.24, 2.45) is 0 Å². The summed E-state index contributed by atoms with van der Waals surface area (Å²) in [5.74, 6) is 1.58. The number of sulfone groups is 1. The van der Waals surface area contributed by atoms with Gasteiger partial charge in [-0.25, -0.2) is 8.42 Å². The maximum absolute atomic E-state index is 14.2. The molecular weight excluding hydrogens is 526 g/mol. The van der Waals surface area contributed by atoms with Crippen LogP contribution in [0.25, 0.3) is 10.9 Å². The minimum absolute atomic E-state index is 0.145. The van der Waals surface area contributed by atoms with Gasteiger partial charge in [0.25, 0.3) is 0 Å². The molecule has 9 heteroatoms. The predicted molar refractivity (Wildman–Crippen MR) is 158 cm³/mol. The molecule has 216 valence electrons. The van der Waals surface area contributed by atoms with E-state index < -0.39 is 9.84 Å². The molecule has 0 aliphatic carbocycles. The van der Waals surface area contributed by atoms with Crippen molar-refractivity contribution >= 4 is 26.4 Å². The first-order valence-electron chi connectivity index (χ1n) is 14.5. The van der Waals surface area contributed by atoms with Crippen LogP contribution in [0.1, 0.15) is 51.9 Å². The van der Waals surface area contributed by atoms with E-state index in [0.717, 1.165) is 55.4 Å². The molecule has 1 aromatic heterocycles. The largest absolute Gasteiger partial charge is 0.494 e. The molecule has 0 saturated carbocycles. The van der Waals surface area contributed by atoms with Crippen molar-refractivity contribution in [3.8, 4) is 17.2 Å². The first kappa shape index (κ1) is 28.5. The zero-order chi connectivity index (χ0) is 28.1. The molecule has 40 heavy (non-hydrogen) atoms. The molecule has 2 aliphatic heterocycles. The molecule has 2 fully saturated rings. The molecule has 2 aromatic carbocycles. The van der Waals surface area contributed by atoms with Crippen molar-refractivity contribution in [3.63, 3.8) is 0 Å². The first-order valence-corrected chi connectivity index (χ1v) is 16.0. The standard InChI is InChI=1S/C31H41N3O5S/c1-4-5-19-39-24-9-11-27-26(20-24)31(34-17-13-23(14-18-34)33-15-7-6-8-16-33)30(22-32-27)40(35,36)25-10-12-28(37-2)29(21-25)38-3/h9-12,20-23H,4-8,13-19H2,1-3H3. The van der Waals surface area contributed by atoms with Crippen molar-refractivity contribution in [1.82, 2.24) is 9.88 Å². The lowest BCUT2D eigenvalue weighted by atomic mass is 9.99. The van der Waals surface area contributed by atoms with E-state index in [4.69, 9.17) is 14.2 Å². The topological polar surface area (TPSA) is 81.2 Å². The number of aromatic nitrogens is 1. The average molecular weight is 568 g/mol. The summed E-state index contributed by atoms with van der Waals surface area (Å²) in [6.45, 7) is 6.66. The Morgan fingerprint density at radius 3 is 2.38 bits per heavy atom. The molecule has 3 aromatic rings. The van der Waals surface area contributed by atoms with Crippen molar-refractivity contribution < 1.29 is 22.6 Å². The van der Waals surface area contributed by atoms with Crippen molar-refractivity contribution in [1.29, 1.82) is 0 Å². The Labute approximate surface area is 238 Å². The minimum Gasteiger partial charge on any atom is -0.494 e. The Hall–Kier alpha value is -3.04. The highest BCUT2D eigenvalue weighted by Gasteiger charge is 2.32. The van der Waals surface area contributed by atoms with Gasteiger partial charge in [0, 0.05) is 36.8 Å². The number of pyridine rings is 1. The van der Waals surface area contributed by atoms with Crippen LogP contribution < -0.4 is 19.1 Å². The normalized spacial score (nSPS) is 17.2. The number of rotatable bonds is 10. The highest BCUT2D eigenvalue weighted by Crippen LogP contribution is 2.40. The van der Waals surface area contributed by atoms with Crippen LogP contribution in [-0.2, 0) is 9.84 Å². The molecule has 0 radical (unpaired) electrons. The lowest BCUT2D eigenvalue weighted by Gasteiger charge is -2.41. The van der Waals surface area contributed by atoms with E-state index in [1.54, 1.807) is 12.1 Å². The van der Waals surface area contributed by atoms with Crippen molar-refractivity contribution in [2.75, 3.05) is 51.9 Å². The molecule has 2 aliphatic rings. The number of benzene rings is 2. The third-order valence-corrected chi connectivity index (χ3v) is 9.94. The summed E-state index contributed by atoms with van der Waals surface area (Å²) in [5, 5.41) is 0.798. The minimum atomic E-state index is -3.93. The van der Waals surface area contributed by atoms with E-state index in [0.29, 0.717) is 29.8 Å². The molecule has 8 nitrogen and oxygen atoms in total. The average Bonchev–Trinajstić information content (AvgIpc) is 3.00. The number of anilines is 1. The summed E-state index contributed by atoms with van der Waals surface area (Å²) in [6.07, 6.45) is 9.38. The molecule has 3 heterocycles. The summed E-state index contributed by atoms with van der Waals surface area (Å²) in [6, 6.07) is 11.1. The van der Waals surface area contributed by atoms with Gasteiger partial charge in [0.2, 0.25) is 9.84 Å². The highest BCUT2D eigenvalue weighted by molar-refractivity contribution is 7.91. The van der Waals surface area contributed by atoms with Gasteiger partial charge in [-0.15, -0.1) is 0 Å². The van der Waals surface area contributed by atoms with Crippen LogP contribution in [0.2, 0.25) is 0 Å². The Bertz CT molecular complexity index is 1410. The van der Waals surface area contributed by atoms with E-state index >= 15 is 0 Å². The van der Waals surface area contributed by atoms with E-state index in [2.05, 4.69) is 21.7 Å². The van der Waals surface area contributed by atoms with Gasteiger partial charge in [-0.2, -0.15) is 0 Å². The molecule has 0 unspecified atom stereocenters. The molecule has 0 spiro atoms. The van der Waals surface area contributed by atoms with Crippen molar-refractivity contribution in [2.45, 2.75) is 67.7 Å². The smallest absolute Gasteiger partial charge is 0.210 e. The maximum Gasteiger partial charge on any atom is 0.210 e. The van der Waals surface area contributed by atoms with Gasteiger partial charge in [-0.05, 0) is 75.5 Å². The van der Waals surface area contributed by atoms with E-state index in [1.165, 1.54) is 58.8 Å².